The fourth-order valence-electron chi connectivity index (χ4n) is 3.01. The predicted octanol–water partition coefficient (Wildman–Crippen LogP) is 4.35. The first-order chi connectivity index (χ1) is 9.41. The van der Waals surface area contributed by atoms with Gasteiger partial charge in [0.2, 0.25) is 0 Å². The van der Waals surface area contributed by atoms with E-state index in [9.17, 15) is 4.39 Å². The summed E-state index contributed by atoms with van der Waals surface area (Å²) in [7, 11) is 0. The summed E-state index contributed by atoms with van der Waals surface area (Å²) in [4.78, 5) is 2.25. The summed E-state index contributed by atoms with van der Waals surface area (Å²) in [5.74, 6) is 0.303. The molecule has 0 saturated carbocycles. The predicted molar refractivity (Wildman–Crippen MR) is 80.1 cm³/mol. The van der Waals surface area contributed by atoms with Crippen LogP contribution in [0.2, 0.25) is 0 Å². The van der Waals surface area contributed by atoms with E-state index < -0.39 is 5.82 Å². The van der Waals surface area contributed by atoms with E-state index in [2.05, 4.69) is 25.7 Å². The minimum atomic E-state index is -0.415. The molecule has 20 heavy (non-hydrogen) atoms. The molecule has 1 heterocycles. The average molecular weight is 274 g/mol. The quantitative estimate of drug-likeness (QED) is 0.761. The molecule has 3 heteroatoms. The number of rotatable bonds is 1. The smallest absolute Gasteiger partial charge is 0.143 e. The molecule has 1 fully saturated rings. The molecular formula is C17H23FN2. The van der Waals surface area contributed by atoms with Crippen LogP contribution < -0.4 is 4.90 Å². The lowest BCUT2D eigenvalue weighted by atomic mass is 9.77. The van der Waals surface area contributed by atoms with Crippen molar-refractivity contribution in [3.63, 3.8) is 0 Å². The third kappa shape index (κ3) is 3.30. The highest BCUT2D eigenvalue weighted by Crippen LogP contribution is 2.35. The van der Waals surface area contributed by atoms with Crippen LogP contribution >= 0.6 is 0 Å². The second kappa shape index (κ2) is 5.83. The summed E-state index contributed by atoms with van der Waals surface area (Å²) in [6.45, 7) is 8.84. The summed E-state index contributed by atoms with van der Waals surface area (Å²) in [6, 6.07) is 6.81. The van der Waals surface area contributed by atoms with Gasteiger partial charge in [-0.3, -0.25) is 0 Å². The Bertz CT molecular complexity index is 511. The van der Waals surface area contributed by atoms with Crippen molar-refractivity contribution in [1.82, 2.24) is 0 Å². The van der Waals surface area contributed by atoms with Crippen LogP contribution in [0.5, 0.6) is 0 Å². The molecule has 0 bridgehead atoms. The van der Waals surface area contributed by atoms with E-state index in [1.165, 1.54) is 12.5 Å². The first-order valence-electron chi connectivity index (χ1n) is 7.36. The standard InChI is InChI=1S/C17H23FN2/c1-17(2,3)14-5-4-9-20(10-8-14)15-7-6-13(12-19)16(18)11-15/h6-7,11,14H,4-5,8-10H2,1-3H3. The zero-order chi connectivity index (χ0) is 14.8. The van der Waals surface area contributed by atoms with Gasteiger partial charge in [-0.2, -0.15) is 5.26 Å². The number of hydrogen-bond acceptors (Lipinski definition) is 2. The van der Waals surface area contributed by atoms with Crippen LogP contribution in [0.4, 0.5) is 10.1 Å². The molecular weight excluding hydrogens is 251 g/mol. The third-order valence-corrected chi connectivity index (χ3v) is 4.39. The van der Waals surface area contributed by atoms with Gasteiger partial charge in [-0.25, -0.2) is 4.39 Å². The van der Waals surface area contributed by atoms with Gasteiger partial charge in [-0.1, -0.05) is 20.8 Å². The summed E-state index contributed by atoms with van der Waals surface area (Å²) in [5, 5.41) is 8.79. The van der Waals surface area contributed by atoms with E-state index in [-0.39, 0.29) is 5.56 Å². The second-order valence-electron chi connectivity index (χ2n) is 6.76. The monoisotopic (exact) mass is 274 g/mol. The molecule has 1 aromatic rings. The first kappa shape index (κ1) is 14.8. The number of nitriles is 1. The molecule has 2 nitrogen and oxygen atoms in total. The van der Waals surface area contributed by atoms with E-state index in [0.29, 0.717) is 5.41 Å². The topological polar surface area (TPSA) is 27.0 Å². The average Bonchev–Trinajstić information content (AvgIpc) is 2.63. The minimum absolute atomic E-state index is 0.121. The van der Waals surface area contributed by atoms with Crippen LogP contribution in [-0.2, 0) is 0 Å². The van der Waals surface area contributed by atoms with Crippen molar-refractivity contribution in [3.05, 3.63) is 29.6 Å². The van der Waals surface area contributed by atoms with Gasteiger partial charge < -0.3 is 4.90 Å². The Kier molecular flexibility index (Phi) is 4.32. The largest absolute Gasteiger partial charge is 0.371 e. The van der Waals surface area contributed by atoms with Crippen LogP contribution in [0.3, 0.4) is 0 Å². The number of anilines is 1. The first-order valence-corrected chi connectivity index (χ1v) is 7.36. The molecule has 0 aliphatic carbocycles. The molecule has 1 atom stereocenters. The van der Waals surface area contributed by atoms with Crippen molar-refractivity contribution < 1.29 is 4.39 Å². The molecule has 2 rings (SSSR count). The van der Waals surface area contributed by atoms with E-state index in [0.717, 1.165) is 37.5 Å². The highest BCUT2D eigenvalue weighted by atomic mass is 19.1. The summed E-state index contributed by atoms with van der Waals surface area (Å²) >= 11 is 0. The highest BCUT2D eigenvalue weighted by molar-refractivity contribution is 5.50. The molecule has 1 aliphatic rings. The Balaban J connectivity index is 2.11. The van der Waals surface area contributed by atoms with Crippen molar-refractivity contribution in [2.24, 2.45) is 11.3 Å². The second-order valence-corrected chi connectivity index (χ2v) is 6.76. The molecule has 0 aromatic heterocycles. The molecule has 0 N–H and O–H groups in total. The Morgan fingerprint density at radius 2 is 2.00 bits per heavy atom. The Hall–Kier alpha value is -1.56. The molecule has 0 amide bonds. The summed E-state index contributed by atoms with van der Waals surface area (Å²) in [6.07, 6.45) is 3.52. The maximum atomic E-state index is 13.7. The van der Waals surface area contributed by atoms with Gasteiger partial charge in [0, 0.05) is 18.8 Å². The van der Waals surface area contributed by atoms with Gasteiger partial charge in [-0.15, -0.1) is 0 Å². The van der Waals surface area contributed by atoms with E-state index in [1.807, 2.05) is 12.1 Å². The molecule has 1 unspecified atom stereocenters. The van der Waals surface area contributed by atoms with Gasteiger partial charge in [-0.05, 0) is 48.8 Å². The van der Waals surface area contributed by atoms with Crippen LogP contribution in [0.15, 0.2) is 18.2 Å². The number of halogens is 1. The van der Waals surface area contributed by atoms with Crippen LogP contribution in [-0.4, -0.2) is 13.1 Å². The molecule has 0 radical (unpaired) electrons. The van der Waals surface area contributed by atoms with Gasteiger partial charge in [0.05, 0.1) is 5.56 Å². The van der Waals surface area contributed by atoms with Crippen LogP contribution in [0.25, 0.3) is 0 Å². The summed E-state index contributed by atoms with van der Waals surface area (Å²) in [5.41, 5.74) is 1.36. The van der Waals surface area contributed by atoms with Gasteiger partial charge in [0.25, 0.3) is 0 Å². The van der Waals surface area contributed by atoms with Gasteiger partial charge in [0.15, 0.2) is 0 Å². The minimum Gasteiger partial charge on any atom is -0.371 e. The molecule has 108 valence electrons. The normalized spacial score (nSPS) is 20.4. The van der Waals surface area contributed by atoms with Crippen molar-refractivity contribution in [1.29, 1.82) is 5.26 Å². The summed E-state index contributed by atoms with van der Waals surface area (Å²) < 4.78 is 13.7. The third-order valence-electron chi connectivity index (χ3n) is 4.39. The fraction of sp³-hybridized carbons (Fsp3) is 0.588. The lowest BCUT2D eigenvalue weighted by molar-refractivity contribution is 0.220. The van der Waals surface area contributed by atoms with Crippen molar-refractivity contribution in [2.45, 2.75) is 40.0 Å². The highest BCUT2D eigenvalue weighted by Gasteiger charge is 2.27. The van der Waals surface area contributed by atoms with Gasteiger partial charge >= 0.3 is 0 Å². The Morgan fingerprint density at radius 3 is 2.60 bits per heavy atom. The number of hydrogen-bond donors (Lipinski definition) is 0. The van der Waals surface area contributed by atoms with E-state index in [1.54, 1.807) is 6.07 Å². The van der Waals surface area contributed by atoms with E-state index >= 15 is 0 Å². The van der Waals surface area contributed by atoms with Crippen molar-refractivity contribution in [2.75, 3.05) is 18.0 Å². The Morgan fingerprint density at radius 1 is 1.25 bits per heavy atom. The maximum absolute atomic E-state index is 13.7. The van der Waals surface area contributed by atoms with Crippen molar-refractivity contribution >= 4 is 5.69 Å². The lowest BCUT2D eigenvalue weighted by Crippen LogP contribution is -2.26. The Labute approximate surface area is 121 Å². The maximum Gasteiger partial charge on any atom is 0.143 e. The number of benzene rings is 1. The van der Waals surface area contributed by atoms with Gasteiger partial charge in [0.1, 0.15) is 11.9 Å². The SMILES string of the molecule is CC(C)(C)C1CCCN(c2ccc(C#N)c(F)c2)CC1. The van der Waals surface area contributed by atoms with E-state index in [4.69, 9.17) is 5.26 Å². The zero-order valence-electron chi connectivity index (χ0n) is 12.6. The van der Waals surface area contributed by atoms with Crippen molar-refractivity contribution in [3.8, 4) is 6.07 Å². The molecule has 1 aromatic carbocycles. The van der Waals surface area contributed by atoms with Crippen LogP contribution in [0, 0.1) is 28.5 Å². The molecule has 1 saturated heterocycles. The molecule has 0 spiro atoms. The molecule has 1 aliphatic heterocycles. The number of nitrogens with zero attached hydrogens (tertiary/aromatic N) is 2. The van der Waals surface area contributed by atoms with Crippen LogP contribution in [0.1, 0.15) is 45.6 Å². The fourth-order valence-corrected chi connectivity index (χ4v) is 3.01. The zero-order valence-corrected chi connectivity index (χ0v) is 12.6. The lowest BCUT2D eigenvalue weighted by Gasteiger charge is -2.30.